The third kappa shape index (κ3) is 6.51. The average molecular weight is 624 g/mol. The summed E-state index contributed by atoms with van der Waals surface area (Å²) in [5, 5.41) is 6.81. The molecule has 3 unspecified atom stereocenters. The monoisotopic (exact) mass is 623 g/mol. The zero-order chi connectivity index (χ0) is 30.9. The summed E-state index contributed by atoms with van der Waals surface area (Å²) in [6, 6.07) is 0.210. The van der Waals surface area contributed by atoms with Gasteiger partial charge in [0.05, 0.1) is 24.4 Å². The molecule has 14 nitrogen and oxygen atoms in total. The van der Waals surface area contributed by atoms with E-state index in [-0.39, 0.29) is 30.4 Å². The molecule has 0 spiro atoms. The number of carbonyl (C=O) groups is 1. The van der Waals surface area contributed by atoms with Gasteiger partial charge in [-0.1, -0.05) is 6.92 Å². The number of H-pyrrole nitrogens is 1. The summed E-state index contributed by atoms with van der Waals surface area (Å²) < 4.78 is 13.3. The van der Waals surface area contributed by atoms with Gasteiger partial charge in [-0.3, -0.25) is 9.59 Å². The van der Waals surface area contributed by atoms with Crippen LogP contribution < -0.4 is 11.3 Å². The van der Waals surface area contributed by atoms with Crippen molar-refractivity contribution in [3.63, 3.8) is 0 Å². The molecule has 45 heavy (non-hydrogen) atoms. The maximum Gasteiger partial charge on any atom is 0.262 e. The number of carbonyl (C=O) groups excluding carboxylic acids is 1. The highest BCUT2D eigenvalue weighted by Crippen LogP contribution is 2.33. The number of aliphatic imine (C=N–C) groups is 1. The van der Waals surface area contributed by atoms with Gasteiger partial charge in [0.25, 0.3) is 5.56 Å². The molecule has 244 valence electrons. The molecule has 0 saturated carbocycles. The maximum atomic E-state index is 13.1. The van der Waals surface area contributed by atoms with Crippen LogP contribution in [0.1, 0.15) is 69.7 Å². The molecule has 0 aromatic carbocycles. The first-order valence-electron chi connectivity index (χ1n) is 16.6. The van der Waals surface area contributed by atoms with Crippen molar-refractivity contribution in [1.29, 1.82) is 0 Å². The predicted octanol–water partition coefficient (Wildman–Crippen LogP) is 1.72. The van der Waals surface area contributed by atoms with Gasteiger partial charge in [-0.15, -0.1) is 0 Å². The summed E-state index contributed by atoms with van der Waals surface area (Å²) in [4.78, 5) is 48.6. The fourth-order valence-corrected chi connectivity index (χ4v) is 7.45. The molecule has 0 bridgehead atoms. The van der Waals surface area contributed by atoms with Crippen molar-refractivity contribution in [3.05, 3.63) is 34.1 Å². The quantitative estimate of drug-likeness (QED) is 0.466. The Morgan fingerprint density at radius 2 is 1.93 bits per heavy atom. The van der Waals surface area contributed by atoms with Crippen LogP contribution in [0.25, 0.3) is 11.0 Å². The van der Waals surface area contributed by atoms with Gasteiger partial charge >= 0.3 is 0 Å². The highest BCUT2D eigenvalue weighted by molar-refractivity contribution is 5.95. The van der Waals surface area contributed by atoms with E-state index in [9.17, 15) is 9.59 Å². The van der Waals surface area contributed by atoms with Gasteiger partial charge in [0.15, 0.2) is 11.9 Å². The lowest BCUT2D eigenvalue weighted by Crippen LogP contribution is -2.52. The molecule has 3 N–H and O–H groups in total. The Morgan fingerprint density at radius 1 is 1.11 bits per heavy atom. The van der Waals surface area contributed by atoms with Crippen LogP contribution in [-0.4, -0.2) is 112 Å². The number of hydroxylamine groups is 2. The molecule has 7 heterocycles. The Bertz CT molecular complexity index is 1480. The minimum atomic E-state index is -0.489. The zero-order valence-electron chi connectivity index (χ0n) is 26.1. The van der Waals surface area contributed by atoms with Crippen molar-refractivity contribution >= 4 is 22.9 Å². The highest BCUT2D eigenvalue weighted by atomic mass is 16.8. The number of aromatic amines is 1. The van der Waals surface area contributed by atoms with E-state index in [0.29, 0.717) is 54.2 Å². The number of rotatable bonds is 7. The molecule has 4 fully saturated rings. The van der Waals surface area contributed by atoms with Crippen LogP contribution in [0.15, 0.2) is 27.8 Å². The first-order chi connectivity index (χ1) is 21.9. The van der Waals surface area contributed by atoms with E-state index in [1.165, 1.54) is 0 Å². The minimum Gasteiger partial charge on any atom is -0.381 e. The largest absolute Gasteiger partial charge is 0.381 e. The number of primary amides is 1. The van der Waals surface area contributed by atoms with Crippen LogP contribution in [-0.2, 0) is 19.1 Å². The molecule has 5 aliphatic heterocycles. The van der Waals surface area contributed by atoms with Crippen LogP contribution in [0, 0.1) is 11.8 Å². The number of nitrogens with two attached hydrogens (primary N) is 1. The molecule has 0 aliphatic carbocycles. The molecule has 2 aromatic heterocycles. The standard InChI is InChI=1S/C31H45N9O5/c1-20-16-37(19-25(20)28-35-29-24(30(42)36-28)15-34-40(29)23-7-12-43-13-8-23)17-21-5-9-38(10-6-21)31-33-14-22(27(32)41)18-39(31)45-26-4-2-3-11-44-26/h14-15,20-21,23,25-26H,2-13,16-19H2,1H3,(H2,32,41)(H,35,36,42). The molecule has 2 aromatic rings. The number of fused-ring (bicyclic) bond motifs is 1. The van der Waals surface area contributed by atoms with Gasteiger partial charge in [0.1, 0.15) is 11.2 Å². The normalized spacial score (nSPS) is 27.6. The fraction of sp³-hybridized carbons (Fsp3) is 0.710. The summed E-state index contributed by atoms with van der Waals surface area (Å²) in [5.74, 6) is 2.08. The van der Waals surface area contributed by atoms with Gasteiger partial charge in [-0.2, -0.15) is 5.10 Å². The number of hydrogen-bond donors (Lipinski definition) is 2. The number of guanidine groups is 1. The molecule has 1 amide bonds. The van der Waals surface area contributed by atoms with Crippen molar-refractivity contribution in [3.8, 4) is 0 Å². The third-order valence-electron chi connectivity index (χ3n) is 10.0. The molecule has 5 aliphatic rings. The molecule has 4 saturated heterocycles. The second kappa shape index (κ2) is 13.2. The molecule has 7 rings (SSSR count). The Hall–Kier alpha value is -3.33. The number of nitrogens with zero attached hydrogens (tertiary/aromatic N) is 7. The summed E-state index contributed by atoms with van der Waals surface area (Å²) in [7, 11) is 0. The third-order valence-corrected chi connectivity index (χ3v) is 10.0. The summed E-state index contributed by atoms with van der Waals surface area (Å²) in [5.41, 5.74) is 6.57. The summed E-state index contributed by atoms with van der Waals surface area (Å²) in [6.45, 7) is 9.16. The van der Waals surface area contributed by atoms with E-state index in [2.05, 4.69) is 31.8 Å². The van der Waals surface area contributed by atoms with Crippen LogP contribution in [0.3, 0.4) is 0 Å². The van der Waals surface area contributed by atoms with Crippen molar-refractivity contribution in [2.75, 3.05) is 59.1 Å². The summed E-state index contributed by atoms with van der Waals surface area (Å²) >= 11 is 0. The first kappa shape index (κ1) is 30.3. The first-order valence-corrected chi connectivity index (χ1v) is 16.6. The number of aromatic nitrogens is 4. The zero-order valence-corrected chi connectivity index (χ0v) is 26.1. The Labute approximate surface area is 262 Å². The van der Waals surface area contributed by atoms with Crippen LogP contribution >= 0.6 is 0 Å². The van der Waals surface area contributed by atoms with Gasteiger partial charge in [-0.05, 0) is 50.4 Å². The topological polar surface area (TPSA) is 156 Å². The molecular weight excluding hydrogens is 578 g/mol. The Balaban J connectivity index is 0.978. The van der Waals surface area contributed by atoms with E-state index in [1.54, 1.807) is 17.5 Å². The van der Waals surface area contributed by atoms with E-state index in [4.69, 9.17) is 25.0 Å². The number of ether oxygens (including phenoxy) is 2. The lowest BCUT2D eigenvalue weighted by Gasteiger charge is -2.41. The average Bonchev–Trinajstić information content (AvgIpc) is 3.66. The van der Waals surface area contributed by atoms with E-state index in [1.807, 2.05) is 4.68 Å². The van der Waals surface area contributed by atoms with Crippen LogP contribution in [0.2, 0.25) is 0 Å². The lowest BCUT2D eigenvalue weighted by molar-refractivity contribution is -0.261. The van der Waals surface area contributed by atoms with Crippen LogP contribution in [0.4, 0.5) is 0 Å². The number of likely N-dealkylation sites (tertiary alicyclic amines) is 2. The molecular formula is C31H45N9O5. The van der Waals surface area contributed by atoms with Gasteiger partial charge in [0, 0.05) is 71.1 Å². The van der Waals surface area contributed by atoms with E-state index in [0.717, 1.165) is 83.5 Å². The Morgan fingerprint density at radius 3 is 2.69 bits per heavy atom. The van der Waals surface area contributed by atoms with Crippen molar-refractivity contribution in [2.45, 2.75) is 70.1 Å². The SMILES string of the molecule is CC1CN(CC2CCN(C3=NC=C(C(N)=O)CN3OC3CCCCO3)CC2)CC1c1nc2c(cnn2C2CCOCC2)c(=O)[nH]1. The number of amides is 1. The van der Waals surface area contributed by atoms with E-state index < -0.39 is 5.91 Å². The van der Waals surface area contributed by atoms with Gasteiger partial charge < -0.3 is 30.0 Å². The smallest absolute Gasteiger partial charge is 0.262 e. The maximum absolute atomic E-state index is 13.1. The van der Waals surface area contributed by atoms with Crippen molar-refractivity contribution in [1.82, 2.24) is 34.6 Å². The molecule has 0 radical (unpaired) electrons. The van der Waals surface area contributed by atoms with Crippen molar-refractivity contribution < 1.29 is 19.1 Å². The molecule has 3 atom stereocenters. The second-order valence-electron chi connectivity index (χ2n) is 13.2. The van der Waals surface area contributed by atoms with Gasteiger partial charge in [0.2, 0.25) is 11.9 Å². The van der Waals surface area contributed by atoms with E-state index >= 15 is 0 Å². The minimum absolute atomic E-state index is 0.108. The molecule has 14 heteroatoms. The van der Waals surface area contributed by atoms with Gasteiger partial charge in [-0.25, -0.2) is 24.6 Å². The predicted molar refractivity (Wildman–Crippen MR) is 166 cm³/mol. The number of hydrogen-bond acceptors (Lipinski definition) is 11. The second-order valence-corrected chi connectivity index (χ2v) is 13.2. The number of nitrogens with one attached hydrogen (secondary N) is 1. The van der Waals surface area contributed by atoms with Crippen LogP contribution in [0.5, 0.6) is 0 Å². The Kier molecular flexibility index (Phi) is 8.89. The lowest BCUT2D eigenvalue weighted by atomic mass is 9.96. The highest BCUT2D eigenvalue weighted by Gasteiger charge is 2.36. The van der Waals surface area contributed by atoms with Crippen molar-refractivity contribution in [2.24, 2.45) is 22.6 Å². The fourth-order valence-electron chi connectivity index (χ4n) is 7.45. The summed E-state index contributed by atoms with van der Waals surface area (Å²) in [6.07, 6.45) is 9.59. The number of piperidine rings is 1.